The normalized spacial score (nSPS) is 10.6. The number of aryl methyl sites for hydroxylation is 1. The lowest BCUT2D eigenvalue weighted by Gasteiger charge is -2.03. The maximum absolute atomic E-state index is 12.1. The number of rotatable bonds is 4. The van der Waals surface area contributed by atoms with Crippen molar-refractivity contribution in [2.75, 3.05) is 0 Å². The minimum atomic E-state index is -0.217. The molecule has 1 aromatic carbocycles. The van der Waals surface area contributed by atoms with Crippen molar-refractivity contribution in [3.8, 4) is 10.8 Å². The molecule has 0 fully saturated rings. The summed E-state index contributed by atoms with van der Waals surface area (Å²) >= 11 is 7.30. The Morgan fingerprint density at radius 3 is 2.95 bits per heavy atom. The smallest absolute Gasteiger partial charge is 0.271 e. The summed E-state index contributed by atoms with van der Waals surface area (Å²) in [7, 11) is 0. The van der Waals surface area contributed by atoms with Crippen molar-refractivity contribution in [2.24, 2.45) is 0 Å². The predicted molar refractivity (Wildman–Crippen MR) is 87.2 cm³/mol. The van der Waals surface area contributed by atoms with E-state index in [2.05, 4.69) is 10.3 Å². The van der Waals surface area contributed by atoms with Crippen LogP contribution in [-0.4, -0.2) is 10.9 Å². The lowest BCUT2D eigenvalue weighted by atomic mass is 10.2. The summed E-state index contributed by atoms with van der Waals surface area (Å²) < 4.78 is 5.51. The highest BCUT2D eigenvalue weighted by Crippen LogP contribution is 2.25. The fourth-order valence-electron chi connectivity index (χ4n) is 1.96. The molecule has 2 heterocycles. The number of benzene rings is 1. The first kappa shape index (κ1) is 14.8. The molecule has 3 aromatic rings. The highest BCUT2D eigenvalue weighted by atomic mass is 35.5. The highest BCUT2D eigenvalue weighted by molar-refractivity contribution is 7.13. The topological polar surface area (TPSA) is 55.1 Å². The van der Waals surface area contributed by atoms with Crippen molar-refractivity contribution in [2.45, 2.75) is 13.5 Å². The van der Waals surface area contributed by atoms with Gasteiger partial charge in [0.25, 0.3) is 5.91 Å². The first-order chi connectivity index (χ1) is 10.6. The van der Waals surface area contributed by atoms with Gasteiger partial charge in [-0.2, -0.15) is 0 Å². The van der Waals surface area contributed by atoms with E-state index in [1.807, 2.05) is 37.3 Å². The molecule has 0 saturated carbocycles. The number of carbonyl (C=O) groups is 1. The molecule has 3 rings (SSSR count). The third-order valence-corrected chi connectivity index (χ3v) is 4.12. The van der Waals surface area contributed by atoms with Crippen molar-refractivity contribution in [1.29, 1.82) is 0 Å². The maximum Gasteiger partial charge on any atom is 0.271 e. The average molecular weight is 333 g/mol. The molecule has 1 N–H and O–H groups in total. The molecule has 22 heavy (non-hydrogen) atoms. The molecule has 6 heteroatoms. The monoisotopic (exact) mass is 332 g/mol. The molecule has 0 atom stereocenters. The number of nitrogens with zero attached hydrogens (tertiary/aromatic N) is 1. The van der Waals surface area contributed by atoms with Crippen LogP contribution in [0.15, 0.2) is 46.2 Å². The zero-order chi connectivity index (χ0) is 15.5. The molecular formula is C16H13ClN2O2S. The van der Waals surface area contributed by atoms with Crippen molar-refractivity contribution in [3.63, 3.8) is 0 Å². The van der Waals surface area contributed by atoms with Crippen molar-refractivity contribution in [3.05, 3.63) is 63.8 Å². The highest BCUT2D eigenvalue weighted by Gasteiger charge is 2.13. The SMILES string of the molecule is Cc1ccc(-c2nc(C(=O)NCc3cccc(Cl)c3)cs2)o1. The van der Waals surface area contributed by atoms with E-state index in [1.54, 1.807) is 11.4 Å². The van der Waals surface area contributed by atoms with Gasteiger partial charge < -0.3 is 9.73 Å². The first-order valence-electron chi connectivity index (χ1n) is 6.67. The number of carbonyl (C=O) groups excluding carboxylic acids is 1. The molecule has 112 valence electrons. The van der Waals surface area contributed by atoms with Gasteiger partial charge in [-0.25, -0.2) is 4.98 Å². The number of aromatic nitrogens is 1. The molecule has 0 unspecified atom stereocenters. The first-order valence-corrected chi connectivity index (χ1v) is 7.92. The van der Waals surface area contributed by atoms with Crippen LogP contribution in [0.5, 0.6) is 0 Å². The number of hydrogen-bond acceptors (Lipinski definition) is 4. The van der Waals surface area contributed by atoms with E-state index in [-0.39, 0.29) is 5.91 Å². The van der Waals surface area contributed by atoms with E-state index in [1.165, 1.54) is 11.3 Å². The van der Waals surface area contributed by atoms with Gasteiger partial charge in [0.05, 0.1) is 0 Å². The van der Waals surface area contributed by atoms with Gasteiger partial charge in [-0.05, 0) is 36.8 Å². The van der Waals surface area contributed by atoms with E-state index in [0.717, 1.165) is 11.3 Å². The van der Waals surface area contributed by atoms with Crippen molar-refractivity contribution < 1.29 is 9.21 Å². The maximum atomic E-state index is 12.1. The van der Waals surface area contributed by atoms with E-state index in [0.29, 0.717) is 28.0 Å². The Morgan fingerprint density at radius 1 is 1.36 bits per heavy atom. The molecule has 0 bridgehead atoms. The van der Waals surface area contributed by atoms with Crippen LogP contribution >= 0.6 is 22.9 Å². The van der Waals surface area contributed by atoms with Crippen molar-refractivity contribution in [1.82, 2.24) is 10.3 Å². The van der Waals surface area contributed by atoms with Crippen molar-refractivity contribution >= 4 is 28.8 Å². The third-order valence-electron chi connectivity index (χ3n) is 3.03. The molecule has 0 aliphatic carbocycles. The fraction of sp³-hybridized carbons (Fsp3) is 0.125. The standard InChI is InChI=1S/C16H13ClN2O2S/c1-10-5-6-14(21-10)16-19-13(9-22-16)15(20)18-8-11-3-2-4-12(17)7-11/h2-7,9H,8H2,1H3,(H,18,20). The summed E-state index contributed by atoms with van der Waals surface area (Å²) in [4.78, 5) is 16.4. The second kappa shape index (κ2) is 6.34. The lowest BCUT2D eigenvalue weighted by molar-refractivity contribution is 0.0946. The van der Waals surface area contributed by atoms with Crippen LogP contribution in [0.25, 0.3) is 10.8 Å². The fourth-order valence-corrected chi connectivity index (χ4v) is 2.93. The second-order valence-electron chi connectivity index (χ2n) is 4.76. The van der Waals surface area contributed by atoms with Gasteiger partial charge in [-0.15, -0.1) is 11.3 Å². The van der Waals surface area contributed by atoms with Gasteiger partial charge >= 0.3 is 0 Å². The molecule has 0 aliphatic rings. The van der Waals surface area contributed by atoms with Gasteiger partial charge in [-0.1, -0.05) is 23.7 Å². The molecule has 1 amide bonds. The Kier molecular flexibility index (Phi) is 4.27. The minimum absolute atomic E-state index is 0.217. The Hall–Kier alpha value is -2.11. The van der Waals surface area contributed by atoms with E-state index in [4.69, 9.17) is 16.0 Å². The summed E-state index contributed by atoms with van der Waals surface area (Å²) in [5.41, 5.74) is 1.33. The zero-order valence-corrected chi connectivity index (χ0v) is 13.4. The summed E-state index contributed by atoms with van der Waals surface area (Å²) in [5.74, 6) is 1.28. The Bertz CT molecular complexity index is 810. The summed E-state index contributed by atoms with van der Waals surface area (Å²) in [5, 5.41) is 5.90. The number of furan rings is 1. The minimum Gasteiger partial charge on any atom is -0.459 e. The van der Waals surface area contributed by atoms with E-state index < -0.39 is 0 Å². The summed E-state index contributed by atoms with van der Waals surface area (Å²) in [6, 6.07) is 11.1. The Labute approximate surface area is 136 Å². The number of amides is 1. The third kappa shape index (κ3) is 3.37. The van der Waals surface area contributed by atoms with Crippen LogP contribution in [0.1, 0.15) is 21.8 Å². The Balaban J connectivity index is 1.67. The second-order valence-corrected chi connectivity index (χ2v) is 6.06. The van der Waals surface area contributed by atoms with Crippen LogP contribution in [0.4, 0.5) is 0 Å². The Morgan fingerprint density at radius 2 is 2.23 bits per heavy atom. The number of hydrogen-bond donors (Lipinski definition) is 1. The van der Waals surface area contributed by atoms with Crippen LogP contribution in [0.3, 0.4) is 0 Å². The molecule has 2 aromatic heterocycles. The quantitative estimate of drug-likeness (QED) is 0.775. The largest absolute Gasteiger partial charge is 0.459 e. The molecule has 4 nitrogen and oxygen atoms in total. The van der Waals surface area contributed by atoms with E-state index in [9.17, 15) is 4.79 Å². The summed E-state index contributed by atoms with van der Waals surface area (Å²) in [6.45, 7) is 2.28. The van der Waals surface area contributed by atoms with E-state index >= 15 is 0 Å². The molecule has 0 radical (unpaired) electrons. The van der Waals surface area contributed by atoms with Crippen LogP contribution < -0.4 is 5.32 Å². The van der Waals surface area contributed by atoms with Gasteiger partial charge in [0, 0.05) is 16.9 Å². The van der Waals surface area contributed by atoms with Gasteiger partial charge in [-0.3, -0.25) is 4.79 Å². The number of nitrogens with one attached hydrogen (secondary N) is 1. The van der Waals surface area contributed by atoms with Crippen LogP contribution in [-0.2, 0) is 6.54 Å². The predicted octanol–water partition coefficient (Wildman–Crippen LogP) is 4.29. The average Bonchev–Trinajstić information content (AvgIpc) is 3.13. The lowest BCUT2D eigenvalue weighted by Crippen LogP contribution is -2.23. The van der Waals surface area contributed by atoms with Gasteiger partial charge in [0.2, 0.25) is 0 Å². The molecular weight excluding hydrogens is 320 g/mol. The summed E-state index contributed by atoms with van der Waals surface area (Å²) in [6.07, 6.45) is 0. The van der Waals surface area contributed by atoms with Crippen LogP contribution in [0, 0.1) is 6.92 Å². The van der Waals surface area contributed by atoms with Crippen LogP contribution in [0.2, 0.25) is 5.02 Å². The zero-order valence-electron chi connectivity index (χ0n) is 11.8. The van der Waals surface area contributed by atoms with Gasteiger partial charge in [0.15, 0.2) is 10.8 Å². The molecule has 0 aliphatic heterocycles. The molecule has 0 saturated heterocycles. The molecule has 0 spiro atoms. The van der Waals surface area contributed by atoms with Gasteiger partial charge in [0.1, 0.15) is 11.5 Å². The number of halogens is 1. The number of thiazole rings is 1.